The number of hydrogen-bond donors (Lipinski definition) is 1. The molecule has 0 aliphatic carbocycles. The predicted octanol–water partition coefficient (Wildman–Crippen LogP) is 0.237. The van der Waals surface area contributed by atoms with Gasteiger partial charge in [0.05, 0.1) is 13.2 Å². The van der Waals surface area contributed by atoms with E-state index in [-0.39, 0.29) is 0 Å². The van der Waals surface area contributed by atoms with Gasteiger partial charge in [-0.25, -0.2) is 5.01 Å². The van der Waals surface area contributed by atoms with Gasteiger partial charge in [-0.05, 0) is 6.92 Å². The molecule has 1 rings (SSSR count). The summed E-state index contributed by atoms with van der Waals surface area (Å²) in [5, 5.41) is 2.20. The molecule has 1 aliphatic rings. The Morgan fingerprint density at radius 1 is 1.42 bits per heavy atom. The predicted molar refractivity (Wildman–Crippen MR) is 48.5 cm³/mol. The summed E-state index contributed by atoms with van der Waals surface area (Å²) in [6, 6.07) is 0. The van der Waals surface area contributed by atoms with E-state index in [1.165, 1.54) is 0 Å². The molecule has 1 heterocycles. The van der Waals surface area contributed by atoms with Crippen molar-refractivity contribution < 1.29 is 4.74 Å². The average Bonchev–Trinajstić information content (AvgIpc) is 2.14. The van der Waals surface area contributed by atoms with Gasteiger partial charge in [0.15, 0.2) is 0 Å². The highest BCUT2D eigenvalue weighted by atomic mass is 16.5. The highest BCUT2D eigenvalue weighted by Crippen LogP contribution is 1.91. The minimum atomic E-state index is 0.840. The molecule has 0 bridgehead atoms. The smallest absolute Gasteiger partial charge is 0.0608 e. The Balaban J connectivity index is 2.00. The van der Waals surface area contributed by atoms with Crippen LogP contribution in [-0.4, -0.2) is 37.9 Å². The van der Waals surface area contributed by atoms with Crippen LogP contribution in [0.15, 0.2) is 0 Å². The third-order valence-corrected chi connectivity index (χ3v) is 1.77. The molecule has 12 heavy (non-hydrogen) atoms. The first kappa shape index (κ1) is 9.53. The SMILES string of the molecule is CC#CCCNN1CCOCC1. The number of hydrogen-bond acceptors (Lipinski definition) is 3. The maximum Gasteiger partial charge on any atom is 0.0608 e. The topological polar surface area (TPSA) is 24.5 Å². The van der Waals surface area contributed by atoms with Crippen LogP contribution in [0.1, 0.15) is 13.3 Å². The Morgan fingerprint density at radius 2 is 2.17 bits per heavy atom. The third kappa shape index (κ3) is 3.72. The van der Waals surface area contributed by atoms with Gasteiger partial charge >= 0.3 is 0 Å². The second-order valence-electron chi connectivity index (χ2n) is 2.68. The summed E-state index contributed by atoms with van der Waals surface area (Å²) in [6.07, 6.45) is 0.924. The summed E-state index contributed by atoms with van der Waals surface area (Å²) in [4.78, 5) is 0. The van der Waals surface area contributed by atoms with Crippen LogP contribution in [-0.2, 0) is 4.74 Å². The van der Waals surface area contributed by atoms with Gasteiger partial charge in [0.25, 0.3) is 0 Å². The van der Waals surface area contributed by atoms with E-state index in [0.29, 0.717) is 0 Å². The molecule has 0 unspecified atom stereocenters. The second-order valence-corrected chi connectivity index (χ2v) is 2.68. The van der Waals surface area contributed by atoms with Crippen LogP contribution in [0.4, 0.5) is 0 Å². The van der Waals surface area contributed by atoms with E-state index < -0.39 is 0 Å². The molecule has 1 N–H and O–H groups in total. The molecule has 3 heteroatoms. The van der Waals surface area contributed by atoms with Gasteiger partial charge < -0.3 is 4.74 Å². The van der Waals surface area contributed by atoms with E-state index in [4.69, 9.17) is 4.74 Å². The van der Waals surface area contributed by atoms with E-state index >= 15 is 0 Å². The van der Waals surface area contributed by atoms with Gasteiger partial charge in [0.1, 0.15) is 0 Å². The molecule has 1 aliphatic heterocycles. The molecule has 1 saturated heterocycles. The van der Waals surface area contributed by atoms with E-state index in [0.717, 1.165) is 39.3 Å². The number of nitrogens with one attached hydrogen (secondary N) is 1. The molecule has 0 amide bonds. The van der Waals surface area contributed by atoms with Crippen LogP contribution in [0.2, 0.25) is 0 Å². The standard InChI is InChI=1S/C9H16N2O/c1-2-3-4-5-10-11-6-8-12-9-7-11/h10H,4-9H2,1H3. The monoisotopic (exact) mass is 168 g/mol. The lowest BCUT2D eigenvalue weighted by Gasteiger charge is -2.26. The molecular weight excluding hydrogens is 152 g/mol. The summed E-state index contributed by atoms with van der Waals surface area (Å²) >= 11 is 0. The first-order valence-electron chi connectivity index (χ1n) is 4.39. The van der Waals surface area contributed by atoms with Gasteiger partial charge in [-0.1, -0.05) is 0 Å². The van der Waals surface area contributed by atoms with Gasteiger partial charge in [-0.2, -0.15) is 0 Å². The van der Waals surface area contributed by atoms with Gasteiger partial charge in [0.2, 0.25) is 0 Å². The maximum atomic E-state index is 5.22. The zero-order valence-corrected chi connectivity index (χ0v) is 7.60. The quantitative estimate of drug-likeness (QED) is 0.482. The Labute approximate surface area is 74.0 Å². The highest BCUT2D eigenvalue weighted by Gasteiger charge is 2.07. The lowest BCUT2D eigenvalue weighted by Crippen LogP contribution is -2.45. The number of nitrogens with zero attached hydrogens (tertiary/aromatic N) is 1. The Morgan fingerprint density at radius 3 is 2.83 bits per heavy atom. The number of hydrazine groups is 1. The summed E-state index contributed by atoms with van der Waals surface area (Å²) in [5.41, 5.74) is 3.31. The van der Waals surface area contributed by atoms with Crippen LogP contribution in [0.25, 0.3) is 0 Å². The minimum absolute atomic E-state index is 0.840. The molecule has 1 fully saturated rings. The fraction of sp³-hybridized carbons (Fsp3) is 0.778. The van der Waals surface area contributed by atoms with Gasteiger partial charge in [-0.15, -0.1) is 11.8 Å². The fourth-order valence-corrected chi connectivity index (χ4v) is 1.12. The molecular formula is C9H16N2O. The molecule has 68 valence electrons. The van der Waals surface area contributed by atoms with Gasteiger partial charge in [0, 0.05) is 26.1 Å². The number of ether oxygens (including phenoxy) is 1. The molecule has 0 radical (unpaired) electrons. The number of morpholine rings is 1. The molecule has 0 atom stereocenters. The second kappa shape index (κ2) is 6.01. The average molecular weight is 168 g/mol. The van der Waals surface area contributed by atoms with Crippen molar-refractivity contribution in [2.24, 2.45) is 0 Å². The van der Waals surface area contributed by atoms with Gasteiger partial charge in [-0.3, -0.25) is 5.43 Å². The summed E-state index contributed by atoms with van der Waals surface area (Å²) in [5.74, 6) is 5.89. The molecule has 0 aromatic rings. The van der Waals surface area contributed by atoms with Crippen LogP contribution in [0, 0.1) is 11.8 Å². The van der Waals surface area contributed by atoms with Crippen LogP contribution >= 0.6 is 0 Å². The molecule has 3 nitrogen and oxygen atoms in total. The maximum absolute atomic E-state index is 5.22. The largest absolute Gasteiger partial charge is 0.379 e. The lowest BCUT2D eigenvalue weighted by molar-refractivity contribution is 0.0126. The fourth-order valence-electron chi connectivity index (χ4n) is 1.12. The van der Waals surface area contributed by atoms with E-state index in [2.05, 4.69) is 22.3 Å². The van der Waals surface area contributed by atoms with E-state index in [1.807, 2.05) is 6.92 Å². The molecule has 0 aromatic carbocycles. The first-order valence-corrected chi connectivity index (χ1v) is 4.39. The Hall–Kier alpha value is -0.560. The van der Waals surface area contributed by atoms with E-state index in [1.54, 1.807) is 0 Å². The van der Waals surface area contributed by atoms with Crippen molar-refractivity contribution in [3.8, 4) is 11.8 Å². The summed E-state index contributed by atoms with van der Waals surface area (Å²) in [7, 11) is 0. The van der Waals surface area contributed by atoms with Crippen molar-refractivity contribution in [3.63, 3.8) is 0 Å². The zero-order chi connectivity index (χ0) is 8.65. The van der Waals surface area contributed by atoms with Crippen molar-refractivity contribution in [1.82, 2.24) is 10.4 Å². The molecule has 0 aromatic heterocycles. The van der Waals surface area contributed by atoms with Crippen molar-refractivity contribution in [2.45, 2.75) is 13.3 Å². The van der Waals surface area contributed by atoms with Crippen LogP contribution < -0.4 is 5.43 Å². The molecule has 0 spiro atoms. The molecule has 0 saturated carbocycles. The van der Waals surface area contributed by atoms with Crippen molar-refractivity contribution in [3.05, 3.63) is 0 Å². The first-order chi connectivity index (χ1) is 5.93. The Kier molecular flexibility index (Phi) is 4.77. The zero-order valence-electron chi connectivity index (χ0n) is 7.60. The van der Waals surface area contributed by atoms with E-state index in [9.17, 15) is 0 Å². The van der Waals surface area contributed by atoms with Crippen molar-refractivity contribution in [1.29, 1.82) is 0 Å². The van der Waals surface area contributed by atoms with Crippen LogP contribution in [0.5, 0.6) is 0 Å². The number of rotatable bonds is 3. The Bertz CT molecular complexity index is 165. The van der Waals surface area contributed by atoms with Crippen molar-refractivity contribution >= 4 is 0 Å². The minimum Gasteiger partial charge on any atom is -0.379 e. The highest BCUT2D eigenvalue weighted by molar-refractivity contribution is 4.94. The van der Waals surface area contributed by atoms with Crippen LogP contribution in [0.3, 0.4) is 0 Å². The normalized spacial score (nSPS) is 18.4. The lowest BCUT2D eigenvalue weighted by atomic mass is 10.4. The third-order valence-electron chi connectivity index (χ3n) is 1.77. The summed E-state index contributed by atoms with van der Waals surface area (Å²) in [6.45, 7) is 6.47. The van der Waals surface area contributed by atoms with Crippen molar-refractivity contribution in [2.75, 3.05) is 32.8 Å². The summed E-state index contributed by atoms with van der Waals surface area (Å²) < 4.78 is 5.22.